The lowest BCUT2D eigenvalue weighted by molar-refractivity contribution is 0.547. The fourth-order valence-electron chi connectivity index (χ4n) is 2.17. The van der Waals surface area contributed by atoms with Gasteiger partial charge in [0.1, 0.15) is 5.82 Å². The maximum absolute atomic E-state index is 13.1. The molecule has 1 unspecified atom stereocenters. The van der Waals surface area contributed by atoms with Gasteiger partial charge in [0.15, 0.2) is 0 Å². The topological polar surface area (TPSA) is 12.0 Å². The lowest BCUT2D eigenvalue weighted by Gasteiger charge is -2.19. The molecule has 0 bridgehead atoms. The second-order valence-corrected chi connectivity index (χ2v) is 4.87. The summed E-state index contributed by atoms with van der Waals surface area (Å²) in [5, 5.41) is 3.87. The molecule has 0 radical (unpaired) electrons. The minimum absolute atomic E-state index is 0.0977. The highest BCUT2D eigenvalue weighted by molar-refractivity contribution is 6.31. The van der Waals surface area contributed by atoms with Gasteiger partial charge in [-0.2, -0.15) is 0 Å². The van der Waals surface area contributed by atoms with E-state index >= 15 is 0 Å². The van der Waals surface area contributed by atoms with Crippen molar-refractivity contribution in [3.63, 3.8) is 0 Å². The molecule has 2 aromatic rings. The zero-order valence-corrected chi connectivity index (χ0v) is 11.6. The van der Waals surface area contributed by atoms with E-state index in [0.717, 1.165) is 18.5 Å². The number of hydrogen-bond donors (Lipinski definition) is 1. The first kappa shape index (κ1) is 14.0. The van der Waals surface area contributed by atoms with Gasteiger partial charge in [0.25, 0.3) is 0 Å². The number of benzene rings is 2. The van der Waals surface area contributed by atoms with Gasteiger partial charge in [-0.3, -0.25) is 0 Å². The number of likely N-dealkylation sites (N-methyl/N-ethyl adjacent to an activating group) is 1. The summed E-state index contributed by atoms with van der Waals surface area (Å²) < 4.78 is 13.1. The molecule has 3 heteroatoms. The van der Waals surface area contributed by atoms with E-state index in [1.807, 2.05) is 18.2 Å². The van der Waals surface area contributed by atoms with E-state index in [1.165, 1.54) is 17.7 Å². The summed E-state index contributed by atoms with van der Waals surface area (Å²) in [5.74, 6) is -0.302. The maximum atomic E-state index is 13.1. The Bertz CT molecular complexity index is 528. The predicted molar refractivity (Wildman–Crippen MR) is 78.0 cm³/mol. The van der Waals surface area contributed by atoms with Crippen LogP contribution in [0.1, 0.15) is 24.1 Å². The first-order valence-electron chi connectivity index (χ1n) is 6.43. The largest absolute Gasteiger partial charge is 0.310 e. The second kappa shape index (κ2) is 6.69. The van der Waals surface area contributed by atoms with E-state index in [2.05, 4.69) is 24.4 Å². The Labute approximate surface area is 118 Å². The highest BCUT2D eigenvalue weighted by Crippen LogP contribution is 2.26. The highest BCUT2D eigenvalue weighted by Gasteiger charge is 2.14. The van der Waals surface area contributed by atoms with Gasteiger partial charge >= 0.3 is 0 Å². The number of hydrogen-bond acceptors (Lipinski definition) is 1. The van der Waals surface area contributed by atoms with Crippen molar-refractivity contribution in [3.8, 4) is 0 Å². The quantitative estimate of drug-likeness (QED) is 0.856. The molecule has 0 saturated carbocycles. The molecular weight excluding hydrogens is 261 g/mol. The van der Waals surface area contributed by atoms with E-state index in [4.69, 9.17) is 11.6 Å². The smallest absolute Gasteiger partial charge is 0.124 e. The Balaban J connectivity index is 2.24. The minimum Gasteiger partial charge on any atom is -0.310 e. The van der Waals surface area contributed by atoms with Gasteiger partial charge in [-0.15, -0.1) is 0 Å². The van der Waals surface area contributed by atoms with Crippen LogP contribution in [0.25, 0.3) is 0 Å². The summed E-state index contributed by atoms with van der Waals surface area (Å²) in [7, 11) is 0. The molecule has 19 heavy (non-hydrogen) atoms. The summed E-state index contributed by atoms with van der Waals surface area (Å²) in [4.78, 5) is 0. The molecule has 0 spiro atoms. The van der Waals surface area contributed by atoms with Crippen molar-refractivity contribution in [1.82, 2.24) is 5.32 Å². The van der Waals surface area contributed by atoms with Crippen molar-refractivity contribution in [2.24, 2.45) is 0 Å². The highest BCUT2D eigenvalue weighted by atomic mass is 35.5. The molecule has 0 aliphatic heterocycles. The van der Waals surface area contributed by atoms with Crippen molar-refractivity contribution in [2.75, 3.05) is 6.54 Å². The summed E-state index contributed by atoms with van der Waals surface area (Å²) >= 11 is 6.15. The van der Waals surface area contributed by atoms with Crippen LogP contribution >= 0.6 is 11.6 Å². The standard InChI is InChI=1S/C16H17ClFN/c1-2-19-16(10-12-6-4-3-5-7-12)14-9-8-13(18)11-15(14)17/h3-9,11,16,19H,2,10H2,1H3. The third kappa shape index (κ3) is 3.79. The molecule has 0 aromatic heterocycles. The number of rotatable bonds is 5. The van der Waals surface area contributed by atoms with Crippen LogP contribution in [0.3, 0.4) is 0 Å². The van der Waals surface area contributed by atoms with Crippen LogP contribution in [0.4, 0.5) is 4.39 Å². The van der Waals surface area contributed by atoms with Gasteiger partial charge in [0, 0.05) is 11.1 Å². The molecule has 0 amide bonds. The molecule has 100 valence electrons. The molecule has 0 fully saturated rings. The van der Waals surface area contributed by atoms with Gasteiger partial charge < -0.3 is 5.32 Å². The second-order valence-electron chi connectivity index (χ2n) is 4.47. The summed E-state index contributed by atoms with van der Waals surface area (Å²) in [6.07, 6.45) is 0.833. The molecule has 0 aliphatic carbocycles. The average Bonchev–Trinajstić information content (AvgIpc) is 2.39. The SMILES string of the molecule is CCNC(Cc1ccccc1)c1ccc(F)cc1Cl. The van der Waals surface area contributed by atoms with Crippen LogP contribution in [0, 0.1) is 5.82 Å². The molecule has 0 saturated heterocycles. The van der Waals surface area contributed by atoms with Crippen LogP contribution in [-0.2, 0) is 6.42 Å². The molecule has 0 aliphatic rings. The van der Waals surface area contributed by atoms with Gasteiger partial charge in [0.05, 0.1) is 0 Å². The Morgan fingerprint density at radius 3 is 2.53 bits per heavy atom. The van der Waals surface area contributed by atoms with Crippen LogP contribution < -0.4 is 5.32 Å². The molecular formula is C16H17ClFN. The fraction of sp³-hybridized carbons (Fsp3) is 0.250. The Morgan fingerprint density at radius 2 is 1.89 bits per heavy atom. The lowest BCUT2D eigenvalue weighted by atomic mass is 9.98. The first-order chi connectivity index (χ1) is 9.20. The van der Waals surface area contributed by atoms with E-state index < -0.39 is 0 Å². The molecule has 1 nitrogen and oxygen atoms in total. The first-order valence-corrected chi connectivity index (χ1v) is 6.80. The van der Waals surface area contributed by atoms with Crippen LogP contribution in [-0.4, -0.2) is 6.54 Å². The van der Waals surface area contributed by atoms with E-state index in [1.54, 1.807) is 6.07 Å². The van der Waals surface area contributed by atoms with Gasteiger partial charge in [-0.05, 0) is 36.2 Å². The number of nitrogens with one attached hydrogen (secondary N) is 1. The zero-order valence-electron chi connectivity index (χ0n) is 10.9. The third-order valence-corrected chi connectivity index (χ3v) is 3.40. The van der Waals surface area contributed by atoms with Gasteiger partial charge in [-0.1, -0.05) is 54.9 Å². The molecule has 1 atom stereocenters. The van der Waals surface area contributed by atoms with Gasteiger partial charge in [0.2, 0.25) is 0 Å². The summed E-state index contributed by atoms with van der Waals surface area (Å²) in [5.41, 5.74) is 2.17. The van der Waals surface area contributed by atoms with E-state index in [9.17, 15) is 4.39 Å². The van der Waals surface area contributed by atoms with E-state index in [-0.39, 0.29) is 11.9 Å². The molecule has 2 aromatic carbocycles. The lowest BCUT2D eigenvalue weighted by Crippen LogP contribution is -2.23. The van der Waals surface area contributed by atoms with E-state index in [0.29, 0.717) is 5.02 Å². The Kier molecular flexibility index (Phi) is 4.94. The molecule has 0 heterocycles. The summed E-state index contributed by atoms with van der Waals surface area (Å²) in [6, 6.07) is 14.9. The number of halogens is 2. The van der Waals surface area contributed by atoms with Gasteiger partial charge in [-0.25, -0.2) is 4.39 Å². The predicted octanol–water partition coefficient (Wildman–Crippen LogP) is 4.37. The third-order valence-electron chi connectivity index (χ3n) is 3.07. The van der Waals surface area contributed by atoms with Crippen molar-refractivity contribution >= 4 is 11.6 Å². The molecule has 2 rings (SSSR count). The Morgan fingerprint density at radius 1 is 1.16 bits per heavy atom. The van der Waals surface area contributed by atoms with Crippen LogP contribution in [0.15, 0.2) is 48.5 Å². The minimum atomic E-state index is -0.302. The van der Waals surface area contributed by atoms with Crippen LogP contribution in [0.2, 0.25) is 5.02 Å². The average molecular weight is 278 g/mol. The maximum Gasteiger partial charge on any atom is 0.124 e. The van der Waals surface area contributed by atoms with Crippen molar-refractivity contribution in [1.29, 1.82) is 0 Å². The fourth-order valence-corrected chi connectivity index (χ4v) is 2.47. The zero-order chi connectivity index (χ0) is 13.7. The van der Waals surface area contributed by atoms with Crippen LogP contribution in [0.5, 0.6) is 0 Å². The monoisotopic (exact) mass is 277 g/mol. The summed E-state index contributed by atoms with van der Waals surface area (Å²) in [6.45, 7) is 2.89. The normalized spacial score (nSPS) is 12.4. The Hall–Kier alpha value is -1.38. The van der Waals surface area contributed by atoms with Crippen molar-refractivity contribution in [2.45, 2.75) is 19.4 Å². The molecule has 1 N–H and O–H groups in total. The van der Waals surface area contributed by atoms with Crippen molar-refractivity contribution < 1.29 is 4.39 Å². The van der Waals surface area contributed by atoms with Crippen molar-refractivity contribution in [3.05, 3.63) is 70.5 Å².